The summed E-state index contributed by atoms with van der Waals surface area (Å²) in [6, 6.07) is 0. The molecule has 0 aromatic carbocycles. The molecule has 1 N–H and O–H groups in total. The summed E-state index contributed by atoms with van der Waals surface area (Å²) in [5.41, 5.74) is 0.616. The molecule has 1 saturated heterocycles. The highest BCUT2D eigenvalue weighted by atomic mass is 14.9. The SMILES string of the molecule is C=CC.CC.CC1(C)CCNCC1. The van der Waals surface area contributed by atoms with Gasteiger partial charge in [-0.1, -0.05) is 33.8 Å². The first-order valence-electron chi connectivity index (χ1n) is 5.40. The second kappa shape index (κ2) is 9.79. The Morgan fingerprint density at radius 2 is 1.46 bits per heavy atom. The predicted octanol–water partition coefficient (Wildman–Crippen LogP) is 3.61. The smallest absolute Gasteiger partial charge is 0.00438 e. The van der Waals surface area contributed by atoms with E-state index in [0.717, 1.165) is 0 Å². The summed E-state index contributed by atoms with van der Waals surface area (Å²) in [7, 11) is 0. The van der Waals surface area contributed by atoms with E-state index in [9.17, 15) is 0 Å². The first kappa shape index (κ1) is 15.2. The zero-order valence-electron chi connectivity index (χ0n) is 10.1. The fraction of sp³-hybridized carbons (Fsp3) is 0.833. The van der Waals surface area contributed by atoms with E-state index in [1.54, 1.807) is 6.08 Å². The molecule has 0 aliphatic carbocycles. The van der Waals surface area contributed by atoms with Gasteiger partial charge in [-0.25, -0.2) is 0 Å². The van der Waals surface area contributed by atoms with Gasteiger partial charge in [0, 0.05) is 0 Å². The Morgan fingerprint density at radius 3 is 1.62 bits per heavy atom. The van der Waals surface area contributed by atoms with Gasteiger partial charge in [-0.15, -0.1) is 6.58 Å². The van der Waals surface area contributed by atoms with E-state index in [0.29, 0.717) is 5.41 Å². The molecule has 0 amide bonds. The van der Waals surface area contributed by atoms with Gasteiger partial charge in [-0.3, -0.25) is 0 Å². The highest BCUT2D eigenvalue weighted by Gasteiger charge is 2.19. The van der Waals surface area contributed by atoms with Crippen LogP contribution in [-0.2, 0) is 0 Å². The maximum atomic E-state index is 3.36. The van der Waals surface area contributed by atoms with E-state index in [2.05, 4.69) is 25.7 Å². The fourth-order valence-electron chi connectivity index (χ4n) is 1.10. The van der Waals surface area contributed by atoms with E-state index < -0.39 is 0 Å². The third-order valence-corrected chi connectivity index (χ3v) is 1.96. The number of hydrogen-bond acceptors (Lipinski definition) is 1. The molecule has 0 radical (unpaired) electrons. The zero-order valence-corrected chi connectivity index (χ0v) is 10.1. The molecule has 0 atom stereocenters. The lowest BCUT2D eigenvalue weighted by molar-refractivity contribution is 0.259. The van der Waals surface area contributed by atoms with E-state index >= 15 is 0 Å². The molecule has 0 aromatic rings. The van der Waals surface area contributed by atoms with Crippen molar-refractivity contribution >= 4 is 0 Å². The number of allylic oxidation sites excluding steroid dienone is 1. The van der Waals surface area contributed by atoms with Crippen LogP contribution in [0.2, 0.25) is 0 Å². The van der Waals surface area contributed by atoms with Crippen molar-refractivity contribution in [2.24, 2.45) is 5.41 Å². The van der Waals surface area contributed by atoms with Gasteiger partial charge in [-0.05, 0) is 38.3 Å². The Bertz CT molecular complexity index is 97.7. The largest absolute Gasteiger partial charge is 0.317 e. The van der Waals surface area contributed by atoms with Crippen molar-refractivity contribution in [3.63, 3.8) is 0 Å². The summed E-state index contributed by atoms with van der Waals surface area (Å²) in [5.74, 6) is 0. The summed E-state index contributed by atoms with van der Waals surface area (Å²) in [6.45, 7) is 16.4. The van der Waals surface area contributed by atoms with Gasteiger partial charge in [0.1, 0.15) is 0 Å². The Balaban J connectivity index is 0. The third-order valence-electron chi connectivity index (χ3n) is 1.96. The number of hydrogen-bond donors (Lipinski definition) is 1. The van der Waals surface area contributed by atoms with Crippen LogP contribution < -0.4 is 5.32 Å². The molecule has 13 heavy (non-hydrogen) atoms. The Kier molecular flexibility index (Phi) is 11.4. The average molecular weight is 185 g/mol. The normalized spacial score (nSPS) is 18.5. The van der Waals surface area contributed by atoms with Crippen LogP contribution in [0.25, 0.3) is 0 Å². The topological polar surface area (TPSA) is 12.0 Å². The molecule has 0 saturated carbocycles. The second-order valence-corrected chi connectivity index (χ2v) is 3.82. The second-order valence-electron chi connectivity index (χ2n) is 3.82. The minimum absolute atomic E-state index is 0.616. The van der Waals surface area contributed by atoms with Crippen molar-refractivity contribution in [2.75, 3.05) is 13.1 Å². The van der Waals surface area contributed by atoms with Gasteiger partial charge in [0.25, 0.3) is 0 Å². The van der Waals surface area contributed by atoms with Crippen molar-refractivity contribution in [2.45, 2.75) is 47.5 Å². The van der Waals surface area contributed by atoms with Gasteiger partial charge in [0.05, 0.1) is 0 Å². The van der Waals surface area contributed by atoms with Crippen LogP contribution in [-0.4, -0.2) is 13.1 Å². The molecule has 1 rings (SSSR count). The molecule has 1 aliphatic heterocycles. The monoisotopic (exact) mass is 185 g/mol. The van der Waals surface area contributed by atoms with E-state index in [1.165, 1.54) is 25.9 Å². The zero-order chi connectivity index (χ0) is 10.7. The van der Waals surface area contributed by atoms with Crippen LogP contribution in [0.15, 0.2) is 12.7 Å². The van der Waals surface area contributed by atoms with Crippen LogP contribution in [0.4, 0.5) is 0 Å². The van der Waals surface area contributed by atoms with Crippen molar-refractivity contribution < 1.29 is 0 Å². The molecular weight excluding hydrogens is 158 g/mol. The minimum Gasteiger partial charge on any atom is -0.317 e. The molecule has 80 valence electrons. The minimum atomic E-state index is 0.616. The number of nitrogens with one attached hydrogen (secondary N) is 1. The van der Waals surface area contributed by atoms with Crippen molar-refractivity contribution in [3.8, 4) is 0 Å². The van der Waals surface area contributed by atoms with E-state index in [4.69, 9.17) is 0 Å². The van der Waals surface area contributed by atoms with Crippen molar-refractivity contribution in [3.05, 3.63) is 12.7 Å². The van der Waals surface area contributed by atoms with Crippen molar-refractivity contribution in [1.82, 2.24) is 5.32 Å². The Morgan fingerprint density at radius 1 is 1.15 bits per heavy atom. The van der Waals surface area contributed by atoms with Gasteiger partial charge in [-0.2, -0.15) is 0 Å². The summed E-state index contributed by atoms with van der Waals surface area (Å²) in [5, 5.41) is 3.34. The summed E-state index contributed by atoms with van der Waals surface area (Å²) in [6.07, 6.45) is 4.43. The molecular formula is C12H27N. The first-order chi connectivity index (χ1) is 6.12. The summed E-state index contributed by atoms with van der Waals surface area (Å²) < 4.78 is 0. The van der Waals surface area contributed by atoms with E-state index in [1.807, 2.05) is 20.8 Å². The Labute approximate surface area is 84.6 Å². The molecule has 0 bridgehead atoms. The highest BCUT2D eigenvalue weighted by Crippen LogP contribution is 2.25. The lowest BCUT2D eigenvalue weighted by Gasteiger charge is -2.29. The van der Waals surface area contributed by atoms with Crippen LogP contribution in [0, 0.1) is 5.41 Å². The summed E-state index contributed by atoms with van der Waals surface area (Å²) >= 11 is 0. The Hall–Kier alpha value is -0.300. The van der Waals surface area contributed by atoms with Gasteiger partial charge < -0.3 is 5.32 Å². The molecule has 1 heteroatoms. The van der Waals surface area contributed by atoms with E-state index in [-0.39, 0.29) is 0 Å². The molecule has 1 nitrogen and oxygen atoms in total. The first-order valence-corrected chi connectivity index (χ1v) is 5.40. The van der Waals surface area contributed by atoms with Gasteiger partial charge in [0.2, 0.25) is 0 Å². The van der Waals surface area contributed by atoms with Gasteiger partial charge in [0.15, 0.2) is 0 Å². The molecule has 0 aromatic heterocycles. The van der Waals surface area contributed by atoms with Crippen LogP contribution >= 0.6 is 0 Å². The lowest BCUT2D eigenvalue weighted by Crippen LogP contribution is -2.32. The lowest BCUT2D eigenvalue weighted by atomic mass is 9.83. The number of rotatable bonds is 0. The molecule has 0 unspecified atom stereocenters. The quantitative estimate of drug-likeness (QED) is 0.568. The maximum Gasteiger partial charge on any atom is -0.00438 e. The maximum absolute atomic E-state index is 3.36. The summed E-state index contributed by atoms with van der Waals surface area (Å²) in [4.78, 5) is 0. The molecule has 1 aliphatic rings. The third kappa shape index (κ3) is 11.7. The average Bonchev–Trinajstić information content (AvgIpc) is 2.09. The van der Waals surface area contributed by atoms with Crippen LogP contribution in [0.3, 0.4) is 0 Å². The van der Waals surface area contributed by atoms with Crippen molar-refractivity contribution in [1.29, 1.82) is 0 Å². The standard InChI is InChI=1S/C7H15N.C3H6.C2H6/c1-7(2)3-5-8-6-4-7;1-3-2;1-2/h8H,3-6H2,1-2H3;3H,1H2,2H3;1-2H3. The molecule has 1 heterocycles. The number of piperidine rings is 1. The van der Waals surface area contributed by atoms with Crippen LogP contribution in [0.5, 0.6) is 0 Å². The van der Waals surface area contributed by atoms with Crippen LogP contribution in [0.1, 0.15) is 47.5 Å². The predicted molar refractivity (Wildman–Crippen MR) is 63.1 cm³/mol. The van der Waals surface area contributed by atoms with Gasteiger partial charge >= 0.3 is 0 Å². The fourth-order valence-corrected chi connectivity index (χ4v) is 1.10. The molecule has 1 fully saturated rings. The molecule has 0 spiro atoms. The highest BCUT2D eigenvalue weighted by molar-refractivity contribution is 4.75.